The molecule has 0 fully saturated rings. The SMILES string of the molecule is CCOC(=O)/C=C/c1ccc(NC(=O)c2cccc(Br)c2)cc1. The molecule has 118 valence electrons. The first kappa shape index (κ1) is 17.0. The molecule has 0 spiro atoms. The van der Waals surface area contributed by atoms with Crippen LogP contribution < -0.4 is 5.32 Å². The largest absolute Gasteiger partial charge is 0.463 e. The van der Waals surface area contributed by atoms with Crippen LogP contribution in [0.25, 0.3) is 6.08 Å². The Kier molecular flexibility index (Phi) is 6.11. The second-order valence-corrected chi connectivity index (χ2v) is 5.59. The number of hydrogen-bond donors (Lipinski definition) is 1. The standard InChI is InChI=1S/C18H16BrNO3/c1-2-23-17(21)11-8-13-6-9-16(10-7-13)20-18(22)14-4-3-5-15(19)12-14/h3-12H,2H2,1H3,(H,20,22)/b11-8+. The summed E-state index contributed by atoms with van der Waals surface area (Å²) < 4.78 is 5.66. The normalized spacial score (nSPS) is 10.5. The lowest BCUT2D eigenvalue weighted by Gasteiger charge is -2.06. The molecule has 0 aliphatic heterocycles. The zero-order valence-electron chi connectivity index (χ0n) is 12.6. The minimum absolute atomic E-state index is 0.180. The Labute approximate surface area is 143 Å². The molecule has 0 aromatic heterocycles. The van der Waals surface area contributed by atoms with E-state index in [1.54, 1.807) is 37.3 Å². The number of anilines is 1. The number of esters is 1. The third kappa shape index (κ3) is 5.38. The van der Waals surface area contributed by atoms with E-state index in [-0.39, 0.29) is 11.9 Å². The number of benzene rings is 2. The second kappa shape index (κ2) is 8.29. The van der Waals surface area contributed by atoms with Crippen molar-refractivity contribution < 1.29 is 14.3 Å². The Hall–Kier alpha value is -2.40. The summed E-state index contributed by atoms with van der Waals surface area (Å²) in [5.41, 5.74) is 2.10. The van der Waals surface area contributed by atoms with Crippen LogP contribution in [0.5, 0.6) is 0 Å². The van der Waals surface area contributed by atoms with Crippen molar-refractivity contribution >= 4 is 39.6 Å². The monoisotopic (exact) mass is 373 g/mol. The van der Waals surface area contributed by atoms with Crippen LogP contribution in [0.4, 0.5) is 5.69 Å². The smallest absolute Gasteiger partial charge is 0.330 e. The van der Waals surface area contributed by atoms with E-state index < -0.39 is 0 Å². The lowest BCUT2D eigenvalue weighted by Crippen LogP contribution is -2.11. The molecule has 1 N–H and O–H groups in total. The van der Waals surface area contributed by atoms with E-state index in [0.29, 0.717) is 17.9 Å². The van der Waals surface area contributed by atoms with Crippen LogP contribution in [0, 0.1) is 0 Å². The van der Waals surface area contributed by atoms with Gasteiger partial charge in [0, 0.05) is 21.8 Å². The number of halogens is 1. The molecule has 0 aliphatic carbocycles. The molecule has 0 saturated heterocycles. The van der Waals surface area contributed by atoms with Crippen LogP contribution in [0.2, 0.25) is 0 Å². The Balaban J connectivity index is 2.00. The van der Waals surface area contributed by atoms with Gasteiger partial charge < -0.3 is 10.1 Å². The van der Waals surface area contributed by atoms with E-state index in [2.05, 4.69) is 21.2 Å². The molecule has 23 heavy (non-hydrogen) atoms. The summed E-state index contributed by atoms with van der Waals surface area (Å²) in [4.78, 5) is 23.4. The molecule has 0 radical (unpaired) electrons. The van der Waals surface area contributed by atoms with Gasteiger partial charge in [-0.15, -0.1) is 0 Å². The van der Waals surface area contributed by atoms with Gasteiger partial charge in [-0.25, -0.2) is 4.79 Å². The number of rotatable bonds is 5. The molecule has 0 unspecified atom stereocenters. The molecule has 0 heterocycles. The summed E-state index contributed by atoms with van der Waals surface area (Å²) >= 11 is 3.34. The number of carbonyl (C=O) groups is 2. The van der Waals surface area contributed by atoms with Gasteiger partial charge in [-0.2, -0.15) is 0 Å². The molecule has 2 aromatic rings. The van der Waals surface area contributed by atoms with Crippen LogP contribution in [-0.2, 0) is 9.53 Å². The van der Waals surface area contributed by atoms with Crippen molar-refractivity contribution in [2.24, 2.45) is 0 Å². The topological polar surface area (TPSA) is 55.4 Å². The Morgan fingerprint density at radius 1 is 1.17 bits per heavy atom. The molecular formula is C18H16BrNO3. The molecule has 0 bridgehead atoms. The number of carbonyl (C=O) groups excluding carboxylic acids is 2. The number of ether oxygens (including phenoxy) is 1. The highest BCUT2D eigenvalue weighted by Crippen LogP contribution is 2.15. The predicted molar refractivity (Wildman–Crippen MR) is 94.2 cm³/mol. The first-order valence-corrected chi connectivity index (χ1v) is 7.89. The van der Waals surface area contributed by atoms with Gasteiger partial charge in [0.2, 0.25) is 0 Å². The van der Waals surface area contributed by atoms with Crippen LogP contribution in [-0.4, -0.2) is 18.5 Å². The summed E-state index contributed by atoms with van der Waals surface area (Å²) in [5, 5.41) is 2.82. The van der Waals surface area contributed by atoms with Crippen molar-refractivity contribution in [2.75, 3.05) is 11.9 Å². The number of amides is 1. The fourth-order valence-electron chi connectivity index (χ4n) is 1.87. The van der Waals surface area contributed by atoms with Crippen molar-refractivity contribution in [3.63, 3.8) is 0 Å². The first-order valence-electron chi connectivity index (χ1n) is 7.10. The van der Waals surface area contributed by atoms with E-state index in [1.807, 2.05) is 24.3 Å². The van der Waals surface area contributed by atoms with Crippen molar-refractivity contribution in [3.8, 4) is 0 Å². The van der Waals surface area contributed by atoms with Gasteiger partial charge in [-0.1, -0.05) is 34.1 Å². The van der Waals surface area contributed by atoms with Crippen LogP contribution in [0.3, 0.4) is 0 Å². The van der Waals surface area contributed by atoms with E-state index in [0.717, 1.165) is 10.0 Å². The number of nitrogens with one attached hydrogen (secondary N) is 1. The molecule has 0 aliphatic rings. The average molecular weight is 374 g/mol. The molecule has 5 heteroatoms. The van der Waals surface area contributed by atoms with E-state index in [1.165, 1.54) is 6.08 Å². The van der Waals surface area contributed by atoms with Crippen LogP contribution >= 0.6 is 15.9 Å². The van der Waals surface area contributed by atoms with Crippen molar-refractivity contribution in [3.05, 3.63) is 70.2 Å². The third-order valence-corrected chi connectivity index (χ3v) is 3.45. The lowest BCUT2D eigenvalue weighted by atomic mass is 10.1. The Morgan fingerprint density at radius 2 is 1.91 bits per heavy atom. The molecule has 4 nitrogen and oxygen atoms in total. The lowest BCUT2D eigenvalue weighted by molar-refractivity contribution is -0.137. The number of hydrogen-bond acceptors (Lipinski definition) is 3. The summed E-state index contributed by atoms with van der Waals surface area (Å²) in [7, 11) is 0. The molecule has 2 aromatic carbocycles. The van der Waals surface area contributed by atoms with E-state index in [9.17, 15) is 9.59 Å². The highest BCUT2D eigenvalue weighted by molar-refractivity contribution is 9.10. The zero-order chi connectivity index (χ0) is 16.7. The zero-order valence-corrected chi connectivity index (χ0v) is 14.2. The maximum atomic E-state index is 12.1. The van der Waals surface area contributed by atoms with Gasteiger partial charge in [-0.3, -0.25) is 4.79 Å². The minimum Gasteiger partial charge on any atom is -0.463 e. The predicted octanol–water partition coefficient (Wildman–Crippen LogP) is 4.28. The van der Waals surface area contributed by atoms with E-state index in [4.69, 9.17) is 4.74 Å². The summed E-state index contributed by atoms with van der Waals surface area (Å²) in [5.74, 6) is -0.555. The van der Waals surface area contributed by atoms with Gasteiger partial charge in [0.25, 0.3) is 5.91 Å². The summed E-state index contributed by atoms with van der Waals surface area (Å²) in [6.07, 6.45) is 3.04. The van der Waals surface area contributed by atoms with E-state index >= 15 is 0 Å². The van der Waals surface area contributed by atoms with Gasteiger partial charge in [-0.05, 0) is 48.9 Å². The highest BCUT2D eigenvalue weighted by Gasteiger charge is 2.06. The van der Waals surface area contributed by atoms with Crippen molar-refractivity contribution in [2.45, 2.75) is 6.92 Å². The summed E-state index contributed by atoms with van der Waals surface area (Å²) in [6.45, 7) is 2.11. The molecule has 1 amide bonds. The minimum atomic E-state index is -0.375. The van der Waals surface area contributed by atoms with Crippen molar-refractivity contribution in [1.82, 2.24) is 0 Å². The van der Waals surface area contributed by atoms with Gasteiger partial charge in [0.15, 0.2) is 0 Å². The fourth-order valence-corrected chi connectivity index (χ4v) is 2.26. The average Bonchev–Trinajstić information content (AvgIpc) is 2.54. The van der Waals surface area contributed by atoms with Crippen LogP contribution in [0.1, 0.15) is 22.8 Å². The fraction of sp³-hybridized carbons (Fsp3) is 0.111. The highest BCUT2D eigenvalue weighted by atomic mass is 79.9. The third-order valence-electron chi connectivity index (χ3n) is 2.95. The first-order chi connectivity index (χ1) is 11.1. The second-order valence-electron chi connectivity index (χ2n) is 4.67. The maximum Gasteiger partial charge on any atom is 0.330 e. The maximum absolute atomic E-state index is 12.1. The van der Waals surface area contributed by atoms with Gasteiger partial charge >= 0.3 is 5.97 Å². The summed E-state index contributed by atoms with van der Waals surface area (Å²) in [6, 6.07) is 14.4. The quantitative estimate of drug-likeness (QED) is 0.628. The van der Waals surface area contributed by atoms with Crippen LogP contribution in [0.15, 0.2) is 59.1 Å². The Bertz CT molecular complexity index is 723. The molecule has 0 atom stereocenters. The molecule has 2 rings (SSSR count). The molecule has 0 saturated carbocycles. The van der Waals surface area contributed by atoms with Crippen molar-refractivity contribution in [1.29, 1.82) is 0 Å². The van der Waals surface area contributed by atoms with Gasteiger partial charge in [0.1, 0.15) is 0 Å². The van der Waals surface area contributed by atoms with Gasteiger partial charge in [0.05, 0.1) is 6.61 Å². The molecular weight excluding hydrogens is 358 g/mol. The Morgan fingerprint density at radius 3 is 2.57 bits per heavy atom.